The van der Waals surface area contributed by atoms with Crippen molar-refractivity contribution in [3.05, 3.63) is 59.2 Å². The number of carbonyl (C=O) groups excluding carboxylic acids is 1. The highest BCUT2D eigenvalue weighted by atomic mass is 16.5. The predicted octanol–water partition coefficient (Wildman–Crippen LogP) is 1.12. The lowest BCUT2D eigenvalue weighted by Gasteiger charge is -2.14. The molecule has 0 atom stereocenters. The Kier molecular flexibility index (Phi) is 6.79. The molecule has 0 aliphatic carbocycles. The van der Waals surface area contributed by atoms with E-state index >= 15 is 0 Å². The van der Waals surface area contributed by atoms with E-state index in [1.807, 2.05) is 36.7 Å². The largest absolute Gasteiger partial charge is 0.468 e. The van der Waals surface area contributed by atoms with Crippen LogP contribution >= 0.6 is 0 Å². The van der Waals surface area contributed by atoms with E-state index in [0.29, 0.717) is 24.7 Å². The van der Waals surface area contributed by atoms with Crippen LogP contribution in [0, 0.1) is 13.8 Å². The van der Waals surface area contributed by atoms with Crippen molar-refractivity contribution in [2.75, 3.05) is 14.2 Å². The number of guanidine groups is 1. The Morgan fingerprint density at radius 2 is 1.97 bits per heavy atom. The van der Waals surface area contributed by atoms with Crippen LogP contribution in [0.2, 0.25) is 0 Å². The van der Waals surface area contributed by atoms with E-state index in [1.165, 1.54) is 11.8 Å². The molecule has 10 heteroatoms. The summed E-state index contributed by atoms with van der Waals surface area (Å²) in [5, 5.41) is 19.0. The summed E-state index contributed by atoms with van der Waals surface area (Å²) in [6, 6.07) is 10.2. The number of rotatable bonds is 7. The monoisotopic (exact) mass is 410 g/mol. The molecule has 1 aromatic carbocycles. The lowest BCUT2D eigenvalue weighted by atomic mass is 10.1. The maximum Gasteiger partial charge on any atom is 0.327 e. The second kappa shape index (κ2) is 9.68. The molecule has 30 heavy (non-hydrogen) atoms. The van der Waals surface area contributed by atoms with Crippen molar-refractivity contribution < 1.29 is 9.53 Å². The topological polar surface area (TPSA) is 111 Å². The number of aromatic nitrogens is 5. The molecule has 3 aromatic rings. The highest BCUT2D eigenvalue weighted by Crippen LogP contribution is 2.16. The molecular weight excluding hydrogens is 384 g/mol. The van der Waals surface area contributed by atoms with Gasteiger partial charge in [0.15, 0.2) is 5.96 Å². The second-order valence-corrected chi connectivity index (χ2v) is 6.73. The molecule has 0 spiro atoms. The minimum Gasteiger partial charge on any atom is -0.468 e. The van der Waals surface area contributed by atoms with Gasteiger partial charge in [0.2, 0.25) is 0 Å². The summed E-state index contributed by atoms with van der Waals surface area (Å²) in [6.45, 7) is 5.04. The number of esters is 1. The lowest BCUT2D eigenvalue weighted by Crippen LogP contribution is -2.36. The van der Waals surface area contributed by atoms with Crippen LogP contribution in [0.1, 0.15) is 22.6 Å². The minimum atomic E-state index is -0.377. The van der Waals surface area contributed by atoms with Gasteiger partial charge in [0, 0.05) is 19.3 Å². The second-order valence-electron chi connectivity index (χ2n) is 6.73. The molecule has 10 nitrogen and oxygen atoms in total. The van der Waals surface area contributed by atoms with E-state index in [2.05, 4.69) is 47.9 Å². The third-order valence-corrected chi connectivity index (χ3v) is 4.44. The van der Waals surface area contributed by atoms with Gasteiger partial charge in [-0.2, -0.15) is 5.10 Å². The molecule has 2 heterocycles. The molecular formula is C20H26N8O2. The Labute approximate surface area is 175 Å². The summed E-state index contributed by atoms with van der Waals surface area (Å²) in [4.78, 5) is 15.6. The number of nitrogens with zero attached hydrogens (tertiary/aromatic N) is 6. The predicted molar refractivity (Wildman–Crippen MR) is 112 cm³/mol. The van der Waals surface area contributed by atoms with E-state index in [1.54, 1.807) is 13.2 Å². The van der Waals surface area contributed by atoms with Crippen LogP contribution in [-0.2, 0) is 29.2 Å². The van der Waals surface area contributed by atoms with Crippen LogP contribution in [0.25, 0.3) is 5.69 Å². The first-order chi connectivity index (χ1) is 14.5. The van der Waals surface area contributed by atoms with Gasteiger partial charge in [-0.1, -0.05) is 23.4 Å². The van der Waals surface area contributed by atoms with Crippen LogP contribution < -0.4 is 10.6 Å². The molecule has 0 saturated heterocycles. The summed E-state index contributed by atoms with van der Waals surface area (Å²) in [7, 11) is 3.04. The van der Waals surface area contributed by atoms with Gasteiger partial charge in [-0.15, -0.1) is 5.10 Å². The molecule has 0 bridgehead atoms. The Balaban J connectivity index is 1.60. The number of para-hydroxylation sites is 1. The third kappa shape index (κ3) is 5.22. The Hall–Kier alpha value is -3.69. The molecule has 158 valence electrons. The van der Waals surface area contributed by atoms with Crippen molar-refractivity contribution in [1.29, 1.82) is 0 Å². The molecule has 0 unspecified atom stereocenters. The fraction of sp³-hybridized carbons (Fsp3) is 0.350. The Morgan fingerprint density at radius 1 is 1.20 bits per heavy atom. The molecule has 0 aliphatic rings. The highest BCUT2D eigenvalue weighted by molar-refractivity contribution is 5.79. The number of benzene rings is 1. The smallest absolute Gasteiger partial charge is 0.327 e. The van der Waals surface area contributed by atoms with Gasteiger partial charge in [-0.25, -0.2) is 9.36 Å². The average Bonchev–Trinajstić information content (AvgIpc) is 3.33. The summed E-state index contributed by atoms with van der Waals surface area (Å²) in [6.07, 6.45) is 1.69. The lowest BCUT2D eigenvalue weighted by molar-refractivity contribution is -0.141. The van der Waals surface area contributed by atoms with Crippen LogP contribution in [-0.4, -0.2) is 50.9 Å². The molecule has 3 rings (SSSR count). The summed E-state index contributed by atoms with van der Waals surface area (Å²) in [5.41, 5.74) is 4.86. The molecule has 0 radical (unpaired) electrons. The zero-order chi connectivity index (χ0) is 21.5. The normalized spacial score (nSPS) is 11.4. The standard InChI is InChI=1S/C20H26N8O2/c1-14-9-15(2)28(25-14)18-8-6-5-7-16(18)10-22-20(21-3)23-11-17-12-27(26-24-17)13-19(29)30-4/h5-9,12H,10-11,13H2,1-4H3,(H2,21,22,23). The number of hydrogen-bond donors (Lipinski definition) is 2. The highest BCUT2D eigenvalue weighted by Gasteiger charge is 2.10. The third-order valence-electron chi connectivity index (χ3n) is 4.44. The van der Waals surface area contributed by atoms with Crippen molar-refractivity contribution in [2.24, 2.45) is 4.99 Å². The van der Waals surface area contributed by atoms with Crippen LogP contribution in [0.4, 0.5) is 0 Å². The number of ether oxygens (including phenoxy) is 1. The number of carbonyl (C=O) groups is 1. The van der Waals surface area contributed by atoms with Crippen molar-refractivity contribution in [3.63, 3.8) is 0 Å². The average molecular weight is 410 g/mol. The maximum atomic E-state index is 11.3. The zero-order valence-corrected chi connectivity index (χ0v) is 17.6. The van der Waals surface area contributed by atoms with E-state index in [4.69, 9.17) is 0 Å². The van der Waals surface area contributed by atoms with Crippen molar-refractivity contribution in [2.45, 2.75) is 33.5 Å². The number of aliphatic imine (C=N–C) groups is 1. The molecule has 0 saturated carbocycles. The van der Waals surface area contributed by atoms with Gasteiger partial charge >= 0.3 is 5.97 Å². The summed E-state index contributed by atoms with van der Waals surface area (Å²) in [5.74, 6) is 0.249. The Morgan fingerprint density at radius 3 is 2.67 bits per heavy atom. The van der Waals surface area contributed by atoms with Crippen LogP contribution in [0.3, 0.4) is 0 Å². The summed E-state index contributed by atoms with van der Waals surface area (Å²) >= 11 is 0. The Bertz CT molecular complexity index is 1040. The fourth-order valence-electron chi connectivity index (χ4n) is 3.01. The number of methoxy groups -OCH3 is 1. The molecule has 0 fully saturated rings. The summed E-state index contributed by atoms with van der Waals surface area (Å²) < 4.78 is 8.01. The molecule has 2 aromatic heterocycles. The van der Waals surface area contributed by atoms with Gasteiger partial charge in [0.05, 0.1) is 31.2 Å². The van der Waals surface area contributed by atoms with E-state index in [0.717, 1.165) is 22.6 Å². The van der Waals surface area contributed by atoms with Gasteiger partial charge in [-0.3, -0.25) is 9.79 Å². The van der Waals surface area contributed by atoms with E-state index in [-0.39, 0.29) is 12.5 Å². The quantitative estimate of drug-likeness (QED) is 0.341. The van der Waals surface area contributed by atoms with Crippen LogP contribution in [0.15, 0.2) is 41.5 Å². The van der Waals surface area contributed by atoms with Gasteiger partial charge in [0.1, 0.15) is 12.2 Å². The number of hydrogen-bond acceptors (Lipinski definition) is 6. The molecule has 0 amide bonds. The van der Waals surface area contributed by atoms with Crippen LogP contribution in [0.5, 0.6) is 0 Å². The van der Waals surface area contributed by atoms with Gasteiger partial charge in [0.25, 0.3) is 0 Å². The van der Waals surface area contributed by atoms with Crippen molar-refractivity contribution >= 4 is 11.9 Å². The first-order valence-electron chi connectivity index (χ1n) is 9.52. The van der Waals surface area contributed by atoms with E-state index < -0.39 is 0 Å². The van der Waals surface area contributed by atoms with Crippen molar-refractivity contribution in [1.82, 2.24) is 35.4 Å². The number of nitrogens with one attached hydrogen (secondary N) is 2. The SMILES string of the molecule is CN=C(NCc1cn(CC(=O)OC)nn1)NCc1ccccc1-n1nc(C)cc1C. The van der Waals surface area contributed by atoms with Gasteiger partial charge in [-0.05, 0) is 31.5 Å². The van der Waals surface area contributed by atoms with Crippen molar-refractivity contribution in [3.8, 4) is 5.69 Å². The first-order valence-corrected chi connectivity index (χ1v) is 9.52. The number of aryl methyl sites for hydroxylation is 2. The molecule has 0 aliphatic heterocycles. The molecule has 2 N–H and O–H groups in total. The van der Waals surface area contributed by atoms with E-state index in [9.17, 15) is 4.79 Å². The first kappa shape index (κ1) is 21.0. The zero-order valence-electron chi connectivity index (χ0n) is 17.6. The van der Waals surface area contributed by atoms with Gasteiger partial charge < -0.3 is 15.4 Å². The fourth-order valence-corrected chi connectivity index (χ4v) is 3.01. The maximum absolute atomic E-state index is 11.3. The minimum absolute atomic E-state index is 0.0274.